The largest absolute Gasteiger partial charge is 0.416 e. The first-order valence-corrected chi connectivity index (χ1v) is 13.4. The fourth-order valence-electron chi connectivity index (χ4n) is 4.65. The normalized spacial score (nSPS) is 15.4. The van der Waals surface area contributed by atoms with Crippen LogP contribution in [0.1, 0.15) is 54.9 Å². The van der Waals surface area contributed by atoms with Crippen molar-refractivity contribution in [3.05, 3.63) is 56.3 Å². The molecule has 2 N–H and O–H groups in total. The highest BCUT2D eigenvalue weighted by molar-refractivity contribution is 14.1. The van der Waals surface area contributed by atoms with Gasteiger partial charge in [-0.1, -0.05) is 17.9 Å². The first-order chi connectivity index (χ1) is 18.3. The monoisotopic (exact) mass is 669 g/mol. The lowest BCUT2D eigenvalue weighted by molar-refractivity contribution is -0.143. The maximum Gasteiger partial charge on any atom is 0.416 e. The van der Waals surface area contributed by atoms with Gasteiger partial charge in [0.25, 0.3) is 0 Å². The van der Waals surface area contributed by atoms with Crippen molar-refractivity contribution in [2.75, 3.05) is 25.0 Å². The molecule has 3 rings (SSSR count). The number of rotatable bonds is 9. The van der Waals surface area contributed by atoms with Crippen LogP contribution in [0.5, 0.6) is 0 Å². The Balaban J connectivity index is 2.03. The van der Waals surface area contributed by atoms with Gasteiger partial charge < -0.3 is 15.5 Å². The van der Waals surface area contributed by atoms with Crippen molar-refractivity contribution in [3.63, 3.8) is 0 Å². The molecule has 2 aromatic rings. The highest BCUT2D eigenvalue weighted by atomic mass is 127. The molecule has 0 bridgehead atoms. The molecule has 1 aliphatic rings. The number of anilines is 1. The molecule has 214 valence electrons. The molecule has 1 heterocycles. The number of benzene rings is 1. The molecule has 0 unspecified atom stereocenters. The van der Waals surface area contributed by atoms with Gasteiger partial charge in [0.1, 0.15) is 5.82 Å². The highest BCUT2D eigenvalue weighted by Gasteiger charge is 2.37. The molecular weight excluding hydrogens is 639 g/mol. The van der Waals surface area contributed by atoms with Gasteiger partial charge >= 0.3 is 12.4 Å². The fraction of sp³-hybridized carbons (Fsp3) is 0.520. The first-order valence-electron chi connectivity index (χ1n) is 12.4. The number of halogens is 7. The van der Waals surface area contributed by atoms with Gasteiger partial charge in [-0.3, -0.25) is 0 Å². The summed E-state index contributed by atoms with van der Waals surface area (Å²) in [7, 11) is 1.35. The summed E-state index contributed by atoms with van der Waals surface area (Å²) in [5.74, 6) is 0.993. The molecule has 0 spiro atoms. The Morgan fingerprint density at radius 3 is 2.18 bits per heavy atom. The van der Waals surface area contributed by atoms with E-state index in [1.54, 1.807) is 6.20 Å². The van der Waals surface area contributed by atoms with Crippen molar-refractivity contribution in [3.8, 4) is 0 Å². The van der Waals surface area contributed by atoms with E-state index < -0.39 is 23.5 Å². The zero-order valence-electron chi connectivity index (χ0n) is 21.5. The number of hydrogen-bond acceptors (Lipinski definition) is 4. The smallest absolute Gasteiger partial charge is 0.368 e. The Morgan fingerprint density at radius 1 is 1.03 bits per heavy atom. The molecule has 0 atom stereocenters. The van der Waals surface area contributed by atoms with E-state index in [4.69, 9.17) is 5.73 Å². The van der Waals surface area contributed by atoms with Crippen molar-refractivity contribution in [1.29, 1.82) is 0 Å². The van der Waals surface area contributed by atoms with Crippen molar-refractivity contribution in [2.24, 2.45) is 27.1 Å². The van der Waals surface area contributed by atoms with Crippen LogP contribution in [0, 0.1) is 9.49 Å². The van der Waals surface area contributed by atoms with Crippen LogP contribution in [0.4, 0.5) is 32.2 Å². The maximum absolute atomic E-state index is 13.5. The quantitative estimate of drug-likeness (QED) is 0.0775. The van der Waals surface area contributed by atoms with E-state index in [1.165, 1.54) is 24.8 Å². The molecule has 1 saturated carbocycles. The van der Waals surface area contributed by atoms with Gasteiger partial charge in [0.05, 0.1) is 18.2 Å². The topological polar surface area (TPSA) is 82.5 Å². The molecule has 1 aromatic carbocycles. The second-order valence-corrected chi connectivity index (χ2v) is 10.6. The number of nitrogens with two attached hydrogens (primary N) is 1. The second kappa shape index (κ2) is 13.1. The van der Waals surface area contributed by atoms with E-state index in [1.807, 2.05) is 13.0 Å². The van der Waals surface area contributed by atoms with Gasteiger partial charge in [0.2, 0.25) is 5.96 Å². The van der Waals surface area contributed by atoms with Crippen molar-refractivity contribution in [1.82, 2.24) is 9.88 Å². The van der Waals surface area contributed by atoms with Crippen LogP contribution in [0.2, 0.25) is 0 Å². The third-order valence-corrected chi connectivity index (χ3v) is 7.08. The maximum atomic E-state index is 13.5. The molecular formula is C25H30F6IN7. The van der Waals surface area contributed by atoms with E-state index in [0.29, 0.717) is 36.0 Å². The summed E-state index contributed by atoms with van der Waals surface area (Å²) in [6.07, 6.45) is -3.61. The lowest BCUT2D eigenvalue weighted by Gasteiger charge is -2.30. The zero-order valence-corrected chi connectivity index (χ0v) is 23.7. The fourth-order valence-corrected chi connectivity index (χ4v) is 5.17. The molecule has 0 saturated heterocycles. The highest BCUT2D eigenvalue weighted by Crippen LogP contribution is 2.37. The van der Waals surface area contributed by atoms with E-state index in [0.717, 1.165) is 23.0 Å². The number of pyridine rings is 1. The Kier molecular flexibility index (Phi) is 10.4. The first kappa shape index (κ1) is 30.9. The predicted molar refractivity (Wildman–Crippen MR) is 145 cm³/mol. The molecule has 1 aliphatic carbocycles. The minimum atomic E-state index is -4.97. The number of aromatic nitrogens is 1. The lowest BCUT2D eigenvalue weighted by Crippen LogP contribution is -2.37. The van der Waals surface area contributed by atoms with Crippen molar-refractivity contribution in [2.45, 2.75) is 58.0 Å². The van der Waals surface area contributed by atoms with Crippen LogP contribution in [-0.2, 0) is 25.4 Å². The summed E-state index contributed by atoms with van der Waals surface area (Å²) in [5.41, 5.74) is 3.79. The van der Waals surface area contributed by atoms with Gasteiger partial charge in [-0.15, -0.1) is 0 Å². The predicted octanol–water partition coefficient (Wildman–Crippen LogP) is 7.05. The Hall–Kier alpha value is -2.65. The lowest BCUT2D eigenvalue weighted by atomic mass is 10.0. The van der Waals surface area contributed by atoms with Crippen LogP contribution in [0.3, 0.4) is 0 Å². The minimum absolute atomic E-state index is 0.0203. The Labute approximate surface area is 236 Å². The summed E-state index contributed by atoms with van der Waals surface area (Å²) < 4.78 is 81.6. The molecule has 1 aromatic heterocycles. The molecule has 0 aliphatic heterocycles. The third-order valence-electron chi connectivity index (χ3n) is 6.49. The zero-order chi connectivity index (χ0) is 28.8. The summed E-state index contributed by atoms with van der Waals surface area (Å²) in [4.78, 5) is 8.15. The van der Waals surface area contributed by atoms with Gasteiger partial charge in [-0.2, -0.15) is 31.5 Å². The van der Waals surface area contributed by atoms with Gasteiger partial charge in [-0.25, -0.2) is 4.98 Å². The van der Waals surface area contributed by atoms with Gasteiger partial charge in [0.15, 0.2) is 0 Å². The Morgan fingerprint density at radius 2 is 1.64 bits per heavy atom. The van der Waals surface area contributed by atoms with E-state index in [9.17, 15) is 26.3 Å². The molecule has 14 heteroatoms. The molecule has 1 fully saturated rings. The standard InChI is InChI=1S/C25H30F6IN7/c1-3-38(13-16-6-4-5-7-16)22-18(10-21(32)12-35-22)15-39(23(33)36-37-34-2)14-17-8-19(24(26,27)28)11-20(9-17)25(29,30)31/h8-12,16H,3-7,13-15H2,1-2H3,(H2,33,34,36). The summed E-state index contributed by atoms with van der Waals surface area (Å²) in [6, 6.07) is 3.34. The van der Waals surface area contributed by atoms with Gasteiger partial charge in [-0.05, 0) is 83.3 Å². The van der Waals surface area contributed by atoms with E-state index in [-0.39, 0.29) is 30.7 Å². The molecule has 0 radical (unpaired) electrons. The molecule has 39 heavy (non-hydrogen) atoms. The van der Waals surface area contributed by atoms with E-state index in [2.05, 4.69) is 47.9 Å². The SMILES string of the molecule is CCN(CC1CCCC1)c1ncc(I)cc1CN(Cc1cc(C(F)(F)F)cc(C(F)(F)F)c1)C(N)=NN=NC. The van der Waals surface area contributed by atoms with Crippen LogP contribution < -0.4 is 10.6 Å². The van der Waals surface area contributed by atoms with Crippen molar-refractivity contribution >= 4 is 34.4 Å². The Bertz CT molecular complexity index is 1140. The number of hydrogen-bond donors (Lipinski definition) is 1. The van der Waals surface area contributed by atoms with E-state index >= 15 is 0 Å². The number of nitrogens with zero attached hydrogens (tertiary/aromatic N) is 6. The summed E-state index contributed by atoms with van der Waals surface area (Å²) in [6.45, 7) is 3.11. The molecule has 7 nitrogen and oxygen atoms in total. The minimum Gasteiger partial charge on any atom is -0.368 e. The van der Waals surface area contributed by atoms with Crippen LogP contribution in [0.25, 0.3) is 0 Å². The average Bonchev–Trinajstić information content (AvgIpc) is 3.38. The summed E-state index contributed by atoms with van der Waals surface area (Å²) >= 11 is 2.10. The average molecular weight is 669 g/mol. The third kappa shape index (κ3) is 8.67. The number of alkyl halides is 6. The number of guanidine groups is 1. The molecule has 0 amide bonds. The second-order valence-electron chi connectivity index (χ2n) is 9.34. The van der Waals surface area contributed by atoms with Crippen LogP contribution >= 0.6 is 22.6 Å². The van der Waals surface area contributed by atoms with Gasteiger partial charge in [0, 0.05) is 41.5 Å². The van der Waals surface area contributed by atoms with Crippen molar-refractivity contribution < 1.29 is 26.3 Å². The van der Waals surface area contributed by atoms with Crippen LogP contribution in [0.15, 0.2) is 45.9 Å². The van der Waals surface area contributed by atoms with Crippen LogP contribution in [-0.4, -0.2) is 36.0 Å². The summed E-state index contributed by atoms with van der Waals surface area (Å²) in [5, 5.41) is 10.8.